The number of hydrogen-bond donors (Lipinski definition) is 1. The zero-order valence-electron chi connectivity index (χ0n) is 16.0. The zero-order chi connectivity index (χ0) is 18.4. The number of nitrogens with one attached hydrogen (secondary N) is 1. The Kier molecular flexibility index (Phi) is 6.45. The van der Waals surface area contributed by atoms with Crippen molar-refractivity contribution in [3.05, 3.63) is 70.8 Å². The average molecular weight is 351 g/mol. The van der Waals surface area contributed by atoms with Gasteiger partial charge in [0.05, 0.1) is 6.04 Å². The molecule has 2 aromatic carbocycles. The maximum absolute atomic E-state index is 12.4. The third kappa shape index (κ3) is 4.95. The standard InChI is InChI=1S/C23H30N2O/c1-18-10-11-20(19(2)16-18)12-13-23(26)24-17-22(25-14-6-7-15-25)21-8-4-3-5-9-21/h3-5,8-11,16,22H,6-7,12-15,17H2,1-2H3,(H,24,26). The smallest absolute Gasteiger partial charge is 0.220 e. The topological polar surface area (TPSA) is 32.3 Å². The molecule has 1 N–H and O–H groups in total. The Balaban J connectivity index is 1.55. The number of aryl methyl sites for hydroxylation is 3. The van der Waals surface area contributed by atoms with Crippen LogP contribution in [0.3, 0.4) is 0 Å². The first-order valence-electron chi connectivity index (χ1n) is 9.75. The third-order valence-electron chi connectivity index (χ3n) is 5.38. The Morgan fingerprint density at radius 2 is 1.81 bits per heavy atom. The molecule has 0 spiro atoms. The largest absolute Gasteiger partial charge is 0.354 e. The molecule has 2 aromatic rings. The Bertz CT molecular complexity index is 720. The van der Waals surface area contributed by atoms with Gasteiger partial charge in [-0.2, -0.15) is 0 Å². The van der Waals surface area contributed by atoms with Crippen molar-refractivity contribution in [2.24, 2.45) is 0 Å². The van der Waals surface area contributed by atoms with Gasteiger partial charge in [-0.3, -0.25) is 9.69 Å². The summed E-state index contributed by atoms with van der Waals surface area (Å²) < 4.78 is 0. The number of amides is 1. The summed E-state index contributed by atoms with van der Waals surface area (Å²) in [5, 5.41) is 3.18. The van der Waals surface area contributed by atoms with Crippen LogP contribution < -0.4 is 5.32 Å². The SMILES string of the molecule is Cc1ccc(CCC(=O)NCC(c2ccccc2)N2CCCC2)c(C)c1. The molecule has 1 fully saturated rings. The number of nitrogens with zero attached hydrogens (tertiary/aromatic N) is 1. The van der Waals surface area contributed by atoms with Gasteiger partial charge in [0, 0.05) is 13.0 Å². The van der Waals surface area contributed by atoms with E-state index in [0.717, 1.165) is 19.5 Å². The highest BCUT2D eigenvalue weighted by molar-refractivity contribution is 5.76. The van der Waals surface area contributed by atoms with E-state index < -0.39 is 0 Å². The van der Waals surface area contributed by atoms with Gasteiger partial charge in [0.15, 0.2) is 0 Å². The van der Waals surface area contributed by atoms with E-state index in [1.165, 1.54) is 35.1 Å². The molecule has 26 heavy (non-hydrogen) atoms. The maximum Gasteiger partial charge on any atom is 0.220 e. The number of carbonyl (C=O) groups is 1. The van der Waals surface area contributed by atoms with Crippen LogP contribution in [0.25, 0.3) is 0 Å². The van der Waals surface area contributed by atoms with E-state index in [1.807, 2.05) is 6.07 Å². The van der Waals surface area contributed by atoms with Crippen molar-refractivity contribution >= 4 is 5.91 Å². The number of rotatable bonds is 7. The van der Waals surface area contributed by atoms with E-state index in [9.17, 15) is 4.79 Å². The Hall–Kier alpha value is -2.13. The molecule has 0 aromatic heterocycles. The fraction of sp³-hybridized carbons (Fsp3) is 0.435. The van der Waals surface area contributed by atoms with Gasteiger partial charge in [-0.1, -0.05) is 54.1 Å². The first-order chi connectivity index (χ1) is 12.6. The van der Waals surface area contributed by atoms with E-state index in [4.69, 9.17) is 0 Å². The maximum atomic E-state index is 12.4. The van der Waals surface area contributed by atoms with Crippen molar-refractivity contribution in [1.29, 1.82) is 0 Å². The van der Waals surface area contributed by atoms with Crippen LogP contribution in [0, 0.1) is 13.8 Å². The molecule has 1 unspecified atom stereocenters. The highest BCUT2D eigenvalue weighted by atomic mass is 16.1. The lowest BCUT2D eigenvalue weighted by molar-refractivity contribution is -0.121. The van der Waals surface area contributed by atoms with Gasteiger partial charge in [-0.25, -0.2) is 0 Å². The molecule has 1 amide bonds. The van der Waals surface area contributed by atoms with Gasteiger partial charge >= 0.3 is 0 Å². The van der Waals surface area contributed by atoms with Crippen LogP contribution in [0.1, 0.15) is 47.6 Å². The number of carbonyl (C=O) groups excluding carboxylic acids is 1. The normalized spacial score (nSPS) is 15.8. The Labute approximate surface area is 157 Å². The molecular formula is C23H30N2O. The molecule has 3 nitrogen and oxygen atoms in total. The molecule has 0 bridgehead atoms. The van der Waals surface area contributed by atoms with Crippen LogP contribution in [0.5, 0.6) is 0 Å². The Morgan fingerprint density at radius 1 is 1.08 bits per heavy atom. The molecule has 1 atom stereocenters. The molecule has 1 saturated heterocycles. The van der Waals surface area contributed by atoms with Crippen LogP contribution in [-0.2, 0) is 11.2 Å². The van der Waals surface area contributed by atoms with Gasteiger partial charge in [0.1, 0.15) is 0 Å². The van der Waals surface area contributed by atoms with E-state index in [0.29, 0.717) is 13.0 Å². The third-order valence-corrected chi connectivity index (χ3v) is 5.38. The van der Waals surface area contributed by atoms with Gasteiger partial charge < -0.3 is 5.32 Å². The molecule has 1 aliphatic heterocycles. The molecule has 3 heteroatoms. The molecule has 3 rings (SSSR count). The van der Waals surface area contributed by atoms with Crippen LogP contribution in [0.2, 0.25) is 0 Å². The second-order valence-electron chi connectivity index (χ2n) is 7.40. The molecule has 0 aliphatic carbocycles. The van der Waals surface area contributed by atoms with Gasteiger partial charge in [-0.05, 0) is 62.9 Å². The predicted octanol–water partition coefficient (Wildman–Crippen LogP) is 4.19. The average Bonchev–Trinajstić information content (AvgIpc) is 3.16. The van der Waals surface area contributed by atoms with Gasteiger partial charge in [0.2, 0.25) is 5.91 Å². The van der Waals surface area contributed by atoms with Crippen molar-refractivity contribution in [3.8, 4) is 0 Å². The van der Waals surface area contributed by atoms with Gasteiger partial charge in [0.25, 0.3) is 0 Å². The van der Waals surface area contributed by atoms with E-state index in [2.05, 4.69) is 66.5 Å². The summed E-state index contributed by atoms with van der Waals surface area (Å²) in [6.07, 6.45) is 3.86. The summed E-state index contributed by atoms with van der Waals surface area (Å²) in [5.74, 6) is 0.144. The lowest BCUT2D eigenvalue weighted by Crippen LogP contribution is -2.36. The lowest BCUT2D eigenvalue weighted by atomic mass is 10.0. The molecule has 1 aliphatic rings. The minimum absolute atomic E-state index is 0.144. The van der Waals surface area contributed by atoms with Crippen LogP contribution in [0.4, 0.5) is 0 Å². The minimum Gasteiger partial charge on any atom is -0.354 e. The summed E-state index contributed by atoms with van der Waals surface area (Å²) in [6.45, 7) is 7.16. The molecule has 0 radical (unpaired) electrons. The quantitative estimate of drug-likeness (QED) is 0.812. The van der Waals surface area contributed by atoms with E-state index >= 15 is 0 Å². The van der Waals surface area contributed by atoms with Crippen molar-refractivity contribution in [3.63, 3.8) is 0 Å². The summed E-state index contributed by atoms with van der Waals surface area (Å²) in [6, 6.07) is 17.3. The lowest BCUT2D eigenvalue weighted by Gasteiger charge is -2.28. The number of likely N-dealkylation sites (tertiary alicyclic amines) is 1. The highest BCUT2D eigenvalue weighted by Gasteiger charge is 2.23. The summed E-state index contributed by atoms with van der Waals surface area (Å²) in [7, 11) is 0. The van der Waals surface area contributed by atoms with Crippen LogP contribution >= 0.6 is 0 Å². The van der Waals surface area contributed by atoms with E-state index in [-0.39, 0.29) is 11.9 Å². The van der Waals surface area contributed by atoms with Gasteiger partial charge in [-0.15, -0.1) is 0 Å². The molecule has 1 heterocycles. The first kappa shape index (κ1) is 18.7. The molecular weight excluding hydrogens is 320 g/mol. The molecule has 138 valence electrons. The molecule has 0 saturated carbocycles. The fourth-order valence-electron chi connectivity index (χ4n) is 3.86. The van der Waals surface area contributed by atoms with Crippen LogP contribution in [-0.4, -0.2) is 30.4 Å². The highest BCUT2D eigenvalue weighted by Crippen LogP contribution is 2.24. The second kappa shape index (κ2) is 9.00. The van der Waals surface area contributed by atoms with Crippen molar-refractivity contribution in [1.82, 2.24) is 10.2 Å². The monoisotopic (exact) mass is 350 g/mol. The van der Waals surface area contributed by atoms with Crippen molar-refractivity contribution < 1.29 is 4.79 Å². The summed E-state index contributed by atoms with van der Waals surface area (Å²) in [5.41, 5.74) is 5.11. The Morgan fingerprint density at radius 3 is 2.50 bits per heavy atom. The van der Waals surface area contributed by atoms with Crippen molar-refractivity contribution in [2.45, 2.75) is 45.6 Å². The summed E-state index contributed by atoms with van der Waals surface area (Å²) >= 11 is 0. The van der Waals surface area contributed by atoms with Crippen LogP contribution in [0.15, 0.2) is 48.5 Å². The fourth-order valence-corrected chi connectivity index (χ4v) is 3.86. The summed E-state index contributed by atoms with van der Waals surface area (Å²) in [4.78, 5) is 14.9. The van der Waals surface area contributed by atoms with Crippen molar-refractivity contribution in [2.75, 3.05) is 19.6 Å². The number of benzene rings is 2. The first-order valence-corrected chi connectivity index (χ1v) is 9.75. The second-order valence-corrected chi connectivity index (χ2v) is 7.40. The van der Waals surface area contributed by atoms with E-state index in [1.54, 1.807) is 0 Å². The minimum atomic E-state index is 0.144. The number of hydrogen-bond acceptors (Lipinski definition) is 2. The zero-order valence-corrected chi connectivity index (χ0v) is 16.0. The predicted molar refractivity (Wildman–Crippen MR) is 107 cm³/mol.